The van der Waals surface area contributed by atoms with Crippen molar-refractivity contribution in [1.29, 1.82) is 0 Å². The number of hydrogen-bond acceptors (Lipinski definition) is 8. The van der Waals surface area contributed by atoms with Crippen LogP contribution in [0.15, 0.2) is 65.6 Å². The first-order valence-electron chi connectivity index (χ1n) is 14.3. The Balaban J connectivity index is 1.42. The second-order valence-corrected chi connectivity index (χ2v) is 12.3. The Labute approximate surface area is 252 Å². The molecule has 1 atom stereocenters. The molecule has 0 spiro atoms. The van der Waals surface area contributed by atoms with E-state index >= 15 is 0 Å². The molecule has 3 aromatic rings. The smallest absolute Gasteiger partial charge is 0.338 e. The highest BCUT2D eigenvalue weighted by Crippen LogP contribution is 2.39. The molecule has 43 heavy (non-hydrogen) atoms. The number of carbonyl (C=O) groups excluding carboxylic acids is 2. The Morgan fingerprint density at radius 3 is 2.12 bits per heavy atom. The first-order valence-corrected chi connectivity index (χ1v) is 15.8. The average molecular weight is 609 g/mol. The normalized spacial score (nSPS) is 16.8. The molecule has 0 aliphatic carbocycles. The van der Waals surface area contributed by atoms with Crippen LogP contribution < -0.4 is 14.2 Å². The summed E-state index contributed by atoms with van der Waals surface area (Å²) in [5.74, 6) is 1.02. The first-order chi connectivity index (χ1) is 20.8. The molecular weight excluding hydrogens is 572 g/mol. The minimum atomic E-state index is -3.59. The molecule has 0 radical (unpaired) electrons. The topological polar surface area (TPSA) is 112 Å². The second kappa shape index (κ2) is 13.0. The van der Waals surface area contributed by atoms with Crippen LogP contribution in [-0.2, 0) is 21.2 Å². The zero-order valence-electron chi connectivity index (χ0n) is 24.6. The van der Waals surface area contributed by atoms with Gasteiger partial charge in [-0.05, 0) is 98.0 Å². The van der Waals surface area contributed by atoms with Crippen LogP contribution in [0, 0.1) is 0 Å². The third-order valence-electron chi connectivity index (χ3n) is 7.84. The number of hydrogen-bond donors (Lipinski definition) is 0. The van der Waals surface area contributed by atoms with Crippen molar-refractivity contribution in [3.05, 3.63) is 82.9 Å². The van der Waals surface area contributed by atoms with Gasteiger partial charge < -0.3 is 23.8 Å². The van der Waals surface area contributed by atoms with E-state index in [9.17, 15) is 18.0 Å². The van der Waals surface area contributed by atoms with Crippen molar-refractivity contribution in [2.24, 2.45) is 0 Å². The van der Waals surface area contributed by atoms with E-state index in [0.29, 0.717) is 54.4 Å². The van der Waals surface area contributed by atoms with Crippen LogP contribution in [0.1, 0.15) is 57.7 Å². The van der Waals surface area contributed by atoms with Crippen molar-refractivity contribution < 1.29 is 37.0 Å². The first kappa shape index (κ1) is 30.4. The zero-order chi connectivity index (χ0) is 30.6. The lowest BCUT2D eigenvalue weighted by Gasteiger charge is -2.37. The van der Waals surface area contributed by atoms with Crippen molar-refractivity contribution in [2.75, 3.05) is 47.1 Å². The molecule has 3 aromatic carbocycles. The van der Waals surface area contributed by atoms with Gasteiger partial charge in [0.15, 0.2) is 11.5 Å². The lowest BCUT2D eigenvalue weighted by atomic mass is 9.91. The molecule has 11 heteroatoms. The fourth-order valence-corrected chi connectivity index (χ4v) is 7.06. The molecule has 1 fully saturated rings. The lowest BCUT2D eigenvalue weighted by Crippen LogP contribution is -2.42. The van der Waals surface area contributed by atoms with Crippen LogP contribution in [0.3, 0.4) is 0 Å². The molecule has 5 rings (SSSR count). The number of sulfonamides is 1. The van der Waals surface area contributed by atoms with E-state index in [0.717, 1.165) is 24.0 Å². The van der Waals surface area contributed by atoms with Crippen molar-refractivity contribution in [3.63, 3.8) is 0 Å². The Morgan fingerprint density at radius 2 is 1.49 bits per heavy atom. The van der Waals surface area contributed by atoms with E-state index in [1.54, 1.807) is 62.4 Å². The molecule has 2 heterocycles. The number of esters is 1. The standard InChI is InChI=1S/C32H36N2O8S/c1-4-41-32(36)23-7-11-25(12-8-23)42-21-28-27-20-30(40-3)29(39-2)19-24(27)15-18-34(28)31(35)22-9-13-26(14-10-22)43(37,38)33-16-5-6-17-33/h7-14,19-20,28H,4-6,15-18,21H2,1-3H3/t28-/m1/s1. The molecule has 228 valence electrons. The number of fused-ring (bicyclic) bond motifs is 1. The van der Waals surface area contributed by atoms with E-state index in [2.05, 4.69) is 0 Å². The summed E-state index contributed by atoms with van der Waals surface area (Å²) >= 11 is 0. The summed E-state index contributed by atoms with van der Waals surface area (Å²) in [5.41, 5.74) is 2.68. The van der Waals surface area contributed by atoms with Crippen molar-refractivity contribution in [1.82, 2.24) is 9.21 Å². The van der Waals surface area contributed by atoms with E-state index < -0.39 is 22.0 Å². The van der Waals surface area contributed by atoms with Gasteiger partial charge in [0.1, 0.15) is 12.4 Å². The monoisotopic (exact) mass is 608 g/mol. The molecule has 0 saturated carbocycles. The molecular formula is C32H36N2O8S. The van der Waals surface area contributed by atoms with Crippen molar-refractivity contribution in [2.45, 2.75) is 37.1 Å². The summed E-state index contributed by atoms with van der Waals surface area (Å²) in [7, 11) is -0.448. The van der Waals surface area contributed by atoms with Crippen LogP contribution in [-0.4, -0.2) is 76.6 Å². The largest absolute Gasteiger partial charge is 0.493 e. The number of benzene rings is 3. The van der Waals surface area contributed by atoms with Crippen molar-refractivity contribution >= 4 is 21.9 Å². The number of nitrogens with zero attached hydrogens (tertiary/aromatic N) is 2. The van der Waals surface area contributed by atoms with Gasteiger partial charge in [-0.3, -0.25) is 4.79 Å². The quantitative estimate of drug-likeness (QED) is 0.310. The number of ether oxygens (including phenoxy) is 4. The molecule has 0 bridgehead atoms. The van der Waals surface area contributed by atoms with Gasteiger partial charge in [-0.25, -0.2) is 13.2 Å². The number of methoxy groups -OCH3 is 2. The predicted molar refractivity (Wildman–Crippen MR) is 159 cm³/mol. The fraction of sp³-hybridized carbons (Fsp3) is 0.375. The van der Waals surface area contributed by atoms with Crippen LogP contribution in [0.5, 0.6) is 17.2 Å². The molecule has 1 saturated heterocycles. The average Bonchev–Trinajstić information content (AvgIpc) is 3.59. The maximum absolute atomic E-state index is 13.9. The van der Waals surface area contributed by atoms with E-state index in [-0.39, 0.29) is 24.0 Å². The highest BCUT2D eigenvalue weighted by atomic mass is 32.2. The summed E-state index contributed by atoms with van der Waals surface area (Å²) in [5, 5.41) is 0. The van der Waals surface area contributed by atoms with Gasteiger partial charge in [-0.15, -0.1) is 0 Å². The fourth-order valence-electron chi connectivity index (χ4n) is 5.54. The predicted octanol–water partition coefficient (Wildman–Crippen LogP) is 4.48. The SMILES string of the molecule is CCOC(=O)c1ccc(OC[C@@H]2c3cc(OC)c(OC)cc3CCN2C(=O)c2ccc(S(=O)(=O)N3CCCC3)cc2)cc1. The summed E-state index contributed by atoms with van der Waals surface area (Å²) in [4.78, 5) is 27.9. The minimum Gasteiger partial charge on any atom is -0.493 e. The Hall–Kier alpha value is -4.09. The number of rotatable bonds is 10. The second-order valence-electron chi connectivity index (χ2n) is 10.4. The lowest BCUT2D eigenvalue weighted by molar-refractivity contribution is 0.0524. The highest BCUT2D eigenvalue weighted by Gasteiger charge is 2.34. The summed E-state index contributed by atoms with van der Waals surface area (Å²) in [6, 6.07) is 16.1. The maximum atomic E-state index is 13.9. The van der Waals surface area contributed by atoms with Crippen LogP contribution in [0.25, 0.3) is 0 Å². The highest BCUT2D eigenvalue weighted by molar-refractivity contribution is 7.89. The number of carbonyl (C=O) groups is 2. The van der Waals surface area contributed by atoms with Gasteiger partial charge in [0.05, 0.1) is 37.3 Å². The van der Waals surface area contributed by atoms with E-state index in [1.165, 1.54) is 16.4 Å². The number of amides is 1. The van der Waals surface area contributed by atoms with Gasteiger partial charge in [-0.2, -0.15) is 4.31 Å². The summed E-state index contributed by atoms with van der Waals surface area (Å²) < 4.78 is 49.8. The zero-order valence-corrected chi connectivity index (χ0v) is 25.4. The summed E-state index contributed by atoms with van der Waals surface area (Å²) in [6.45, 7) is 3.61. The van der Waals surface area contributed by atoms with E-state index in [4.69, 9.17) is 18.9 Å². The van der Waals surface area contributed by atoms with Crippen LogP contribution >= 0.6 is 0 Å². The molecule has 0 N–H and O–H groups in total. The Kier molecular flexibility index (Phi) is 9.22. The third-order valence-corrected chi connectivity index (χ3v) is 9.75. The Morgan fingerprint density at radius 1 is 0.860 bits per heavy atom. The molecule has 2 aliphatic rings. The van der Waals surface area contributed by atoms with Gasteiger partial charge in [0.2, 0.25) is 10.0 Å². The summed E-state index contributed by atoms with van der Waals surface area (Å²) in [6.07, 6.45) is 2.29. The maximum Gasteiger partial charge on any atom is 0.338 e. The molecule has 10 nitrogen and oxygen atoms in total. The van der Waals surface area contributed by atoms with Crippen molar-refractivity contribution in [3.8, 4) is 17.2 Å². The third kappa shape index (κ3) is 6.33. The van der Waals surface area contributed by atoms with Crippen LogP contribution in [0.2, 0.25) is 0 Å². The molecule has 2 aliphatic heterocycles. The van der Waals surface area contributed by atoms with E-state index in [1.807, 2.05) is 12.1 Å². The van der Waals surface area contributed by atoms with Gasteiger partial charge in [0.25, 0.3) is 5.91 Å². The van der Waals surface area contributed by atoms with Gasteiger partial charge >= 0.3 is 5.97 Å². The molecule has 0 aromatic heterocycles. The molecule has 0 unspecified atom stereocenters. The van der Waals surface area contributed by atoms with Gasteiger partial charge in [0, 0.05) is 25.2 Å². The molecule has 1 amide bonds. The van der Waals surface area contributed by atoms with Gasteiger partial charge in [-0.1, -0.05) is 0 Å². The Bertz CT molecular complexity index is 1570. The van der Waals surface area contributed by atoms with Crippen LogP contribution in [0.4, 0.5) is 0 Å². The minimum absolute atomic E-state index is 0.133.